The van der Waals surface area contributed by atoms with E-state index in [1.165, 1.54) is 11.1 Å². The van der Waals surface area contributed by atoms with Crippen molar-refractivity contribution in [3.8, 4) is 0 Å². The summed E-state index contributed by atoms with van der Waals surface area (Å²) in [7, 11) is 0. The molecular weight excluding hydrogens is 514 g/mol. The number of hydrogen-bond acceptors (Lipinski definition) is 5. The lowest BCUT2D eigenvalue weighted by Gasteiger charge is -2.31. The first kappa shape index (κ1) is 28.1. The zero-order valence-corrected chi connectivity index (χ0v) is 23.5. The third-order valence-electron chi connectivity index (χ3n) is 7.91. The van der Waals surface area contributed by atoms with Crippen LogP contribution in [0.3, 0.4) is 0 Å². The zero-order chi connectivity index (χ0) is 28.9. The molecule has 0 spiro atoms. The maximum absolute atomic E-state index is 13.4. The number of imide groups is 1. The average molecular weight is 551 g/mol. The smallest absolute Gasteiger partial charge is 0.259 e. The number of amides is 3. The Labute approximate surface area is 240 Å². The van der Waals surface area contributed by atoms with Crippen LogP contribution in [0.2, 0.25) is 0 Å². The molecule has 1 aliphatic carbocycles. The molecule has 1 heterocycles. The number of H-pyrrole nitrogens is 1. The van der Waals surface area contributed by atoms with Gasteiger partial charge in [-0.15, -0.1) is 0 Å². The number of aromatic nitrogens is 2. The van der Waals surface area contributed by atoms with Crippen LogP contribution in [0.15, 0.2) is 66.7 Å². The number of aromatic amines is 1. The Bertz CT molecular complexity index is 1560. The van der Waals surface area contributed by atoms with Crippen molar-refractivity contribution < 1.29 is 14.4 Å². The molecule has 211 valence electrons. The van der Waals surface area contributed by atoms with Crippen molar-refractivity contribution in [2.24, 2.45) is 5.92 Å². The Morgan fingerprint density at radius 3 is 2.49 bits per heavy atom. The van der Waals surface area contributed by atoms with Gasteiger partial charge in [-0.3, -0.25) is 25.4 Å². The van der Waals surface area contributed by atoms with Crippen LogP contribution in [-0.4, -0.2) is 34.2 Å². The highest BCUT2D eigenvalue weighted by atomic mass is 16.2. The van der Waals surface area contributed by atoms with E-state index in [4.69, 9.17) is 10.7 Å². The standard InChI is InChI=1S/C33H36N5O3/c1-20(2)31-36-28-13-7-8-23(30(28)37-31)18-21-14-16-22(17-15-21)24-9-3-4-10-25(24)32(40)38-33(41)26-11-5-6-12-27(26)35-19-29(34)39/h5-8,11-17,20,24-25,34-35H,3-4,9-10,18-19H2,1-2H3,(H,36,37)(H,38,40,41)/t24-,25+/m0/s1. The van der Waals surface area contributed by atoms with Crippen LogP contribution < -0.4 is 16.4 Å². The number of rotatable bonds is 9. The molecule has 8 heteroatoms. The third kappa shape index (κ3) is 6.48. The summed E-state index contributed by atoms with van der Waals surface area (Å²) in [5, 5.41) is 5.41. The van der Waals surface area contributed by atoms with Crippen LogP contribution in [0.5, 0.6) is 0 Å². The third-order valence-corrected chi connectivity index (χ3v) is 7.91. The van der Waals surface area contributed by atoms with Gasteiger partial charge in [-0.25, -0.2) is 4.98 Å². The minimum atomic E-state index is -0.786. The van der Waals surface area contributed by atoms with Crippen LogP contribution in [-0.2, 0) is 16.0 Å². The van der Waals surface area contributed by atoms with Gasteiger partial charge in [0.25, 0.3) is 11.8 Å². The number of anilines is 1. The van der Waals surface area contributed by atoms with Crippen molar-refractivity contribution in [2.45, 2.75) is 57.8 Å². The SMILES string of the molecule is CC(C)c1nc2c(Cc3ccc([C@@H]4CCCC[C@H]4C(=O)NC(=O)c4ccccc4NCC([NH])=O)cc3)cccc2[nH]1. The molecule has 3 amide bonds. The van der Waals surface area contributed by atoms with Crippen LogP contribution in [0.25, 0.3) is 11.0 Å². The van der Waals surface area contributed by atoms with E-state index in [9.17, 15) is 14.4 Å². The molecule has 5 rings (SSSR count). The lowest BCUT2D eigenvalue weighted by Crippen LogP contribution is -2.39. The summed E-state index contributed by atoms with van der Waals surface area (Å²) in [6.45, 7) is 4.05. The summed E-state index contributed by atoms with van der Waals surface area (Å²) in [6.07, 6.45) is 4.36. The van der Waals surface area contributed by atoms with Gasteiger partial charge >= 0.3 is 0 Å². The molecule has 3 aromatic carbocycles. The molecule has 0 unspecified atom stereocenters. The fraction of sp³-hybridized carbons (Fsp3) is 0.333. The monoisotopic (exact) mass is 550 g/mol. The van der Waals surface area contributed by atoms with E-state index in [-0.39, 0.29) is 29.9 Å². The Morgan fingerprint density at radius 1 is 0.976 bits per heavy atom. The van der Waals surface area contributed by atoms with Crippen molar-refractivity contribution >= 4 is 34.4 Å². The predicted molar refractivity (Wildman–Crippen MR) is 160 cm³/mol. The lowest BCUT2D eigenvalue weighted by molar-refractivity contribution is -0.125. The Kier molecular flexibility index (Phi) is 8.47. The molecule has 4 aromatic rings. The van der Waals surface area contributed by atoms with Crippen molar-refractivity contribution in [1.29, 1.82) is 0 Å². The van der Waals surface area contributed by atoms with E-state index in [2.05, 4.69) is 71.9 Å². The number of nitrogens with one attached hydrogen (secondary N) is 4. The molecule has 0 saturated heterocycles. The first-order valence-electron chi connectivity index (χ1n) is 14.3. The van der Waals surface area contributed by atoms with E-state index in [1.54, 1.807) is 24.3 Å². The second kappa shape index (κ2) is 12.4. The molecule has 1 aromatic heterocycles. The second-order valence-electron chi connectivity index (χ2n) is 11.1. The maximum atomic E-state index is 13.4. The first-order chi connectivity index (χ1) is 19.8. The van der Waals surface area contributed by atoms with E-state index >= 15 is 0 Å². The second-order valence-corrected chi connectivity index (χ2v) is 11.1. The number of benzene rings is 3. The van der Waals surface area contributed by atoms with Gasteiger partial charge in [0.1, 0.15) is 5.82 Å². The van der Waals surface area contributed by atoms with Crippen molar-refractivity contribution in [2.75, 3.05) is 11.9 Å². The van der Waals surface area contributed by atoms with Crippen LogP contribution in [0.1, 0.15) is 84.2 Å². The Hall–Kier alpha value is -4.46. The minimum absolute atomic E-state index is 0.0308. The van der Waals surface area contributed by atoms with Crippen LogP contribution in [0, 0.1) is 5.92 Å². The van der Waals surface area contributed by atoms with Gasteiger partial charge in [-0.05, 0) is 60.1 Å². The molecule has 4 N–H and O–H groups in total. The molecule has 1 saturated carbocycles. The average Bonchev–Trinajstić information content (AvgIpc) is 3.43. The fourth-order valence-electron chi connectivity index (χ4n) is 5.76. The number of imidazole rings is 1. The van der Waals surface area contributed by atoms with Crippen LogP contribution >= 0.6 is 0 Å². The molecule has 8 nitrogen and oxygen atoms in total. The molecular formula is C33H36N5O3. The summed E-state index contributed by atoms with van der Waals surface area (Å²) in [4.78, 5) is 45.8. The number of para-hydroxylation sites is 2. The molecule has 0 bridgehead atoms. The van der Waals surface area contributed by atoms with Gasteiger partial charge in [0.2, 0.25) is 5.91 Å². The molecule has 1 fully saturated rings. The number of nitrogens with zero attached hydrogens (tertiary/aromatic N) is 1. The van der Waals surface area contributed by atoms with Gasteiger partial charge in [0.15, 0.2) is 0 Å². The normalized spacial score (nSPS) is 17.0. The van der Waals surface area contributed by atoms with Crippen molar-refractivity contribution in [1.82, 2.24) is 21.0 Å². The van der Waals surface area contributed by atoms with E-state index in [0.29, 0.717) is 11.6 Å². The highest BCUT2D eigenvalue weighted by Gasteiger charge is 2.33. The van der Waals surface area contributed by atoms with Gasteiger partial charge in [0, 0.05) is 17.5 Å². The molecule has 1 radical (unpaired) electrons. The summed E-state index contributed by atoms with van der Waals surface area (Å²) in [5.74, 6) is -0.526. The Balaban J connectivity index is 1.29. The topological polar surface area (TPSA) is 128 Å². The van der Waals surface area contributed by atoms with E-state index < -0.39 is 11.8 Å². The number of carbonyl (C=O) groups excluding carboxylic acids is 3. The predicted octanol–water partition coefficient (Wildman–Crippen LogP) is 5.73. The first-order valence-corrected chi connectivity index (χ1v) is 14.3. The van der Waals surface area contributed by atoms with E-state index in [1.807, 2.05) is 0 Å². The zero-order valence-electron chi connectivity index (χ0n) is 23.5. The molecule has 2 atom stereocenters. The van der Waals surface area contributed by atoms with Gasteiger partial charge in [-0.2, -0.15) is 0 Å². The highest BCUT2D eigenvalue weighted by Crippen LogP contribution is 2.38. The number of fused-ring (bicyclic) bond motifs is 1. The van der Waals surface area contributed by atoms with Gasteiger partial charge in [0.05, 0.1) is 23.1 Å². The summed E-state index contributed by atoms with van der Waals surface area (Å²) >= 11 is 0. The molecule has 1 aliphatic rings. The van der Waals surface area contributed by atoms with Crippen LogP contribution in [0.4, 0.5) is 5.69 Å². The fourth-order valence-corrected chi connectivity index (χ4v) is 5.76. The quantitative estimate of drug-likeness (QED) is 0.229. The highest BCUT2D eigenvalue weighted by molar-refractivity contribution is 6.08. The van der Waals surface area contributed by atoms with Crippen molar-refractivity contribution in [3.05, 3.63) is 94.8 Å². The van der Waals surface area contributed by atoms with Crippen molar-refractivity contribution in [3.63, 3.8) is 0 Å². The summed E-state index contributed by atoms with van der Waals surface area (Å²) in [6, 6.07) is 21.4. The summed E-state index contributed by atoms with van der Waals surface area (Å²) < 4.78 is 0. The molecule has 0 aliphatic heterocycles. The van der Waals surface area contributed by atoms with Gasteiger partial charge in [-0.1, -0.05) is 75.2 Å². The maximum Gasteiger partial charge on any atom is 0.259 e. The molecule has 41 heavy (non-hydrogen) atoms. The Morgan fingerprint density at radius 2 is 1.73 bits per heavy atom. The largest absolute Gasteiger partial charge is 0.375 e. The van der Waals surface area contributed by atoms with E-state index in [0.717, 1.165) is 54.5 Å². The number of hydrogen-bond donors (Lipinski definition) is 3. The lowest BCUT2D eigenvalue weighted by atomic mass is 9.75. The minimum Gasteiger partial charge on any atom is -0.375 e. The van der Waals surface area contributed by atoms with Gasteiger partial charge < -0.3 is 10.3 Å². The summed E-state index contributed by atoms with van der Waals surface area (Å²) in [5.41, 5.74) is 13.3. The number of carbonyl (C=O) groups is 3.